The lowest BCUT2D eigenvalue weighted by atomic mass is 10.0. The van der Waals surface area contributed by atoms with Gasteiger partial charge in [0.1, 0.15) is 5.82 Å². The zero-order valence-corrected chi connectivity index (χ0v) is 20.9. The fraction of sp³-hybridized carbons (Fsp3) is 0.258. The van der Waals surface area contributed by atoms with Crippen molar-refractivity contribution in [3.05, 3.63) is 108 Å². The monoisotopic (exact) mass is 487 g/mol. The third-order valence-electron chi connectivity index (χ3n) is 7.94. The van der Waals surface area contributed by atoms with Gasteiger partial charge in [-0.1, -0.05) is 84.9 Å². The van der Waals surface area contributed by atoms with Gasteiger partial charge in [-0.25, -0.2) is 9.98 Å². The summed E-state index contributed by atoms with van der Waals surface area (Å²) < 4.78 is 2.13. The molecule has 1 saturated carbocycles. The molecule has 1 fully saturated rings. The van der Waals surface area contributed by atoms with E-state index in [0.717, 1.165) is 36.0 Å². The van der Waals surface area contributed by atoms with Crippen LogP contribution in [-0.4, -0.2) is 45.4 Å². The van der Waals surface area contributed by atoms with Crippen molar-refractivity contribution in [1.29, 1.82) is 0 Å². The molecule has 0 spiro atoms. The molecule has 0 saturated heterocycles. The van der Waals surface area contributed by atoms with Crippen LogP contribution in [0.25, 0.3) is 11.1 Å². The number of hydrogen-bond donors (Lipinski definition) is 0. The van der Waals surface area contributed by atoms with Gasteiger partial charge < -0.3 is 4.57 Å². The number of carbonyl (C=O) groups excluding carboxylic acids is 1. The van der Waals surface area contributed by atoms with E-state index in [1.54, 1.807) is 4.90 Å². The Hall–Kier alpha value is -4.19. The van der Waals surface area contributed by atoms with Crippen LogP contribution in [0.5, 0.6) is 0 Å². The Morgan fingerprint density at radius 1 is 0.838 bits per heavy atom. The molecule has 184 valence electrons. The third-order valence-corrected chi connectivity index (χ3v) is 7.94. The highest BCUT2D eigenvalue weighted by molar-refractivity contribution is 6.18. The summed E-state index contributed by atoms with van der Waals surface area (Å²) >= 11 is 0. The fourth-order valence-electron chi connectivity index (χ4n) is 6.05. The van der Waals surface area contributed by atoms with E-state index >= 15 is 0 Å². The summed E-state index contributed by atoms with van der Waals surface area (Å²) in [6, 6.07) is 30.0. The second-order valence-corrected chi connectivity index (χ2v) is 10.2. The van der Waals surface area contributed by atoms with Crippen molar-refractivity contribution in [1.82, 2.24) is 14.5 Å². The lowest BCUT2D eigenvalue weighted by molar-refractivity contribution is 0.0854. The summed E-state index contributed by atoms with van der Waals surface area (Å²) in [6.07, 6.45) is 3.98. The summed E-state index contributed by atoms with van der Waals surface area (Å²) in [6.45, 7) is 0.606. The standard InChI is InChI=1S/C31H29N5O/c1-34-30(37)28-29(36-26-14-8-13-25(26)32-31(34)36)33-27(35(28)20-22-9-4-2-5-10-22)19-21-15-17-24(18-16-21)23-11-6-3-7-12-23/h2-7,9-12,15-18,25-26H,8,13-14,19-20H2,1H3/t25-,26+/m1/s1. The van der Waals surface area contributed by atoms with Gasteiger partial charge in [-0.15, -0.1) is 0 Å². The average molecular weight is 488 g/mol. The first-order valence-electron chi connectivity index (χ1n) is 13.1. The van der Waals surface area contributed by atoms with Crippen molar-refractivity contribution in [2.45, 2.75) is 44.3 Å². The molecule has 7 rings (SSSR count). The van der Waals surface area contributed by atoms with Gasteiger partial charge in [-0.2, -0.15) is 0 Å². The third kappa shape index (κ3) is 3.67. The quantitative estimate of drug-likeness (QED) is 0.380. The Balaban J connectivity index is 1.30. The first-order valence-corrected chi connectivity index (χ1v) is 13.1. The Morgan fingerprint density at radius 3 is 2.30 bits per heavy atom. The molecule has 3 aliphatic rings. The Morgan fingerprint density at radius 2 is 1.54 bits per heavy atom. The molecule has 1 amide bonds. The lowest BCUT2D eigenvalue weighted by Crippen LogP contribution is -2.51. The van der Waals surface area contributed by atoms with Crippen molar-refractivity contribution in [2.24, 2.45) is 4.99 Å². The van der Waals surface area contributed by atoms with Crippen LogP contribution in [0.15, 0.2) is 89.9 Å². The number of benzene rings is 3. The van der Waals surface area contributed by atoms with Gasteiger partial charge in [0.15, 0.2) is 11.5 Å². The molecule has 0 unspecified atom stereocenters. The topological polar surface area (TPSA) is 53.7 Å². The number of guanidine groups is 1. The second-order valence-electron chi connectivity index (χ2n) is 10.2. The Bertz CT molecular complexity index is 1490. The van der Waals surface area contributed by atoms with Crippen molar-refractivity contribution < 1.29 is 4.79 Å². The molecule has 0 radical (unpaired) electrons. The summed E-state index contributed by atoms with van der Waals surface area (Å²) in [4.78, 5) is 27.8. The Labute approximate surface area is 216 Å². The molecule has 6 nitrogen and oxygen atoms in total. The molecule has 0 bridgehead atoms. The predicted molar refractivity (Wildman–Crippen MR) is 146 cm³/mol. The number of fused-ring (bicyclic) bond motifs is 5. The van der Waals surface area contributed by atoms with Gasteiger partial charge in [0.05, 0.1) is 12.1 Å². The number of carbonyl (C=O) groups is 1. The van der Waals surface area contributed by atoms with Gasteiger partial charge >= 0.3 is 0 Å². The van der Waals surface area contributed by atoms with Crippen LogP contribution in [0.2, 0.25) is 0 Å². The number of amides is 1. The van der Waals surface area contributed by atoms with Crippen LogP contribution < -0.4 is 4.90 Å². The van der Waals surface area contributed by atoms with E-state index in [4.69, 9.17) is 9.98 Å². The van der Waals surface area contributed by atoms with Crippen molar-refractivity contribution in [3.63, 3.8) is 0 Å². The number of aliphatic imine (C=N–C) groups is 1. The minimum absolute atomic E-state index is 0.0286. The van der Waals surface area contributed by atoms with Crippen LogP contribution in [0.3, 0.4) is 0 Å². The molecule has 4 aromatic rings. The van der Waals surface area contributed by atoms with E-state index in [0.29, 0.717) is 24.7 Å². The predicted octanol–water partition coefficient (Wildman–Crippen LogP) is 5.37. The van der Waals surface area contributed by atoms with E-state index in [1.165, 1.54) is 23.1 Å². The van der Waals surface area contributed by atoms with E-state index in [-0.39, 0.29) is 11.9 Å². The molecule has 2 atom stereocenters. The minimum atomic E-state index is -0.0286. The molecule has 37 heavy (non-hydrogen) atoms. The van der Waals surface area contributed by atoms with Crippen molar-refractivity contribution in [2.75, 3.05) is 11.9 Å². The molecular weight excluding hydrogens is 458 g/mol. The van der Waals surface area contributed by atoms with E-state index in [1.807, 2.05) is 31.3 Å². The number of nitrogens with zero attached hydrogens (tertiary/aromatic N) is 5. The molecule has 0 N–H and O–H groups in total. The number of rotatable bonds is 5. The number of imidazole rings is 1. The normalized spacial score (nSPS) is 20.0. The molecule has 3 aromatic carbocycles. The van der Waals surface area contributed by atoms with E-state index in [2.05, 4.69) is 70.1 Å². The van der Waals surface area contributed by atoms with Crippen LogP contribution in [-0.2, 0) is 13.0 Å². The smallest absolute Gasteiger partial charge is 0.280 e. The number of hydrogen-bond acceptors (Lipinski definition) is 4. The van der Waals surface area contributed by atoms with Crippen LogP contribution in [0.4, 0.5) is 5.82 Å². The molecule has 2 aliphatic heterocycles. The summed E-state index contributed by atoms with van der Waals surface area (Å²) in [5, 5.41) is 0. The van der Waals surface area contributed by atoms with Crippen LogP contribution in [0.1, 0.15) is 46.7 Å². The minimum Gasteiger partial charge on any atom is -0.317 e. The molecule has 1 aromatic heterocycles. The van der Waals surface area contributed by atoms with Gasteiger partial charge in [0.25, 0.3) is 5.91 Å². The first kappa shape index (κ1) is 22.0. The van der Waals surface area contributed by atoms with Gasteiger partial charge in [0, 0.05) is 20.0 Å². The van der Waals surface area contributed by atoms with Crippen LogP contribution >= 0.6 is 0 Å². The molecule has 6 heteroatoms. The maximum atomic E-state index is 13.7. The Kier molecular flexibility index (Phi) is 5.20. The van der Waals surface area contributed by atoms with Crippen molar-refractivity contribution in [3.8, 4) is 11.1 Å². The second kappa shape index (κ2) is 8.73. The van der Waals surface area contributed by atoms with Gasteiger partial charge in [-0.3, -0.25) is 14.6 Å². The average Bonchev–Trinajstić information content (AvgIpc) is 3.63. The number of aromatic nitrogens is 2. The molecule has 1 aliphatic carbocycles. The highest BCUT2D eigenvalue weighted by Crippen LogP contribution is 2.41. The van der Waals surface area contributed by atoms with E-state index < -0.39 is 0 Å². The van der Waals surface area contributed by atoms with E-state index in [9.17, 15) is 4.79 Å². The zero-order chi connectivity index (χ0) is 24.9. The maximum Gasteiger partial charge on any atom is 0.280 e. The maximum absolute atomic E-state index is 13.7. The first-order chi connectivity index (χ1) is 18.2. The number of anilines is 1. The van der Waals surface area contributed by atoms with Crippen molar-refractivity contribution >= 4 is 17.7 Å². The summed E-state index contributed by atoms with van der Waals surface area (Å²) in [7, 11) is 1.85. The SMILES string of the molecule is CN1C(=O)c2c(nc(Cc3ccc(-c4ccccc4)cc3)n2Cc2ccccc2)N2C1=N[C@@H]1CCC[C@@H]12. The molecular formula is C31H29N5O. The zero-order valence-electron chi connectivity index (χ0n) is 20.9. The molecule has 3 heterocycles. The summed E-state index contributed by atoms with van der Waals surface area (Å²) in [5.74, 6) is 2.42. The highest BCUT2D eigenvalue weighted by atomic mass is 16.2. The fourth-order valence-corrected chi connectivity index (χ4v) is 6.05. The van der Waals surface area contributed by atoms with Gasteiger partial charge in [0.2, 0.25) is 5.96 Å². The van der Waals surface area contributed by atoms with Crippen LogP contribution in [0, 0.1) is 0 Å². The lowest BCUT2D eigenvalue weighted by Gasteiger charge is -2.34. The summed E-state index contributed by atoms with van der Waals surface area (Å²) in [5.41, 5.74) is 5.40. The largest absolute Gasteiger partial charge is 0.317 e. The van der Waals surface area contributed by atoms with Gasteiger partial charge in [-0.05, 0) is 41.5 Å². The highest BCUT2D eigenvalue weighted by Gasteiger charge is 2.49.